The van der Waals surface area contributed by atoms with Crippen molar-refractivity contribution < 1.29 is 33.7 Å². The maximum absolute atomic E-state index is 13.7. The van der Waals surface area contributed by atoms with Crippen LogP contribution in [0.3, 0.4) is 0 Å². The predicted octanol–water partition coefficient (Wildman–Crippen LogP) is 6.81. The Morgan fingerprint density at radius 2 is 1.71 bits per heavy atom. The number of ether oxygens (including phenoxy) is 3. The lowest BCUT2D eigenvalue weighted by Crippen LogP contribution is -2.31. The van der Waals surface area contributed by atoms with Crippen molar-refractivity contribution in [3.05, 3.63) is 95.4 Å². The molecule has 0 radical (unpaired) electrons. The van der Waals surface area contributed by atoms with Crippen LogP contribution in [-0.2, 0) is 16.0 Å². The molecule has 3 heterocycles. The quantitative estimate of drug-likeness (QED) is 0.0665. The van der Waals surface area contributed by atoms with E-state index in [1.165, 1.54) is 11.3 Å². The SMILES string of the molecule is CC.CC.CCl.CNCCN(C=O)CCO.COCOc1ccc(C(=O)Nc2ccc3nc(C(=O)N4CCc5c4cc(OC)c4cccc(C)c54)cn3c2)cc1. The zero-order valence-corrected chi connectivity index (χ0v) is 34.8. The molecule has 14 heteroatoms. The third-order valence-corrected chi connectivity index (χ3v) is 8.33. The summed E-state index contributed by atoms with van der Waals surface area (Å²) in [6, 6.07) is 18.4. The van der Waals surface area contributed by atoms with Crippen LogP contribution in [0.4, 0.5) is 11.4 Å². The monoisotopic (exact) mass is 792 g/mol. The van der Waals surface area contributed by atoms with Gasteiger partial charge >= 0.3 is 0 Å². The van der Waals surface area contributed by atoms with Crippen molar-refractivity contribution >= 4 is 57.6 Å². The summed E-state index contributed by atoms with van der Waals surface area (Å²) in [5.41, 5.74) is 5.14. The molecule has 0 bridgehead atoms. The van der Waals surface area contributed by atoms with Gasteiger partial charge in [0.25, 0.3) is 11.8 Å². The van der Waals surface area contributed by atoms with E-state index in [0.29, 0.717) is 48.0 Å². The highest BCUT2D eigenvalue weighted by Crippen LogP contribution is 2.41. The number of hydrogen-bond acceptors (Lipinski definition) is 9. The van der Waals surface area contributed by atoms with Crippen LogP contribution in [-0.4, -0.2) is 105 Å². The number of halogens is 1. The van der Waals surface area contributed by atoms with Gasteiger partial charge in [-0.05, 0) is 73.3 Å². The van der Waals surface area contributed by atoms with Gasteiger partial charge in [-0.3, -0.25) is 14.4 Å². The van der Waals surface area contributed by atoms with Gasteiger partial charge in [0.2, 0.25) is 6.41 Å². The van der Waals surface area contributed by atoms with E-state index < -0.39 is 0 Å². The van der Waals surface area contributed by atoms with Gasteiger partial charge in [0, 0.05) is 69.1 Å². The second kappa shape index (κ2) is 25.0. The molecule has 0 aliphatic carbocycles. The number of alkyl halides is 1. The van der Waals surface area contributed by atoms with Gasteiger partial charge < -0.3 is 44.2 Å². The Bertz CT molecular complexity index is 1970. The molecule has 0 spiro atoms. The number of aliphatic hydroxyl groups excluding tert-OH is 1. The number of pyridine rings is 1. The summed E-state index contributed by atoms with van der Waals surface area (Å²) < 4.78 is 17.7. The van der Waals surface area contributed by atoms with Crippen LogP contribution in [0.5, 0.6) is 11.5 Å². The topological polar surface area (TPSA) is 147 Å². The van der Waals surface area contributed by atoms with E-state index in [1.54, 1.807) is 72.3 Å². The van der Waals surface area contributed by atoms with Crippen LogP contribution in [0.2, 0.25) is 0 Å². The van der Waals surface area contributed by atoms with Crippen molar-refractivity contribution in [3.8, 4) is 11.5 Å². The molecule has 0 saturated heterocycles. The normalized spacial score (nSPS) is 10.9. The molecule has 2 aromatic heterocycles. The first kappa shape index (κ1) is 46.9. The van der Waals surface area contributed by atoms with Crippen molar-refractivity contribution in [3.63, 3.8) is 0 Å². The molecule has 3 aromatic carbocycles. The average Bonchev–Trinajstić information content (AvgIpc) is 3.88. The Morgan fingerprint density at radius 3 is 2.34 bits per heavy atom. The molecule has 0 fully saturated rings. The zero-order valence-electron chi connectivity index (χ0n) is 34.0. The van der Waals surface area contributed by atoms with Crippen LogP contribution in [0.15, 0.2) is 73.1 Å². The Balaban J connectivity index is 0.000000582. The summed E-state index contributed by atoms with van der Waals surface area (Å²) in [7, 11) is 5.01. The van der Waals surface area contributed by atoms with Gasteiger partial charge in [0.05, 0.1) is 25.1 Å². The van der Waals surface area contributed by atoms with Crippen molar-refractivity contribution in [2.24, 2.45) is 0 Å². The summed E-state index contributed by atoms with van der Waals surface area (Å²) in [6.07, 6.45) is 6.41. The molecule has 1 aliphatic rings. The highest BCUT2D eigenvalue weighted by Gasteiger charge is 2.30. The number of benzene rings is 3. The number of rotatable bonds is 13. The number of nitrogens with zero attached hydrogens (tertiary/aromatic N) is 4. The smallest absolute Gasteiger partial charge is 0.278 e. The summed E-state index contributed by atoms with van der Waals surface area (Å²) in [5, 5.41) is 16.4. The molecule has 0 unspecified atom stereocenters. The maximum atomic E-state index is 13.7. The maximum Gasteiger partial charge on any atom is 0.278 e. The first-order chi connectivity index (χ1) is 27.3. The van der Waals surface area contributed by atoms with Crippen molar-refractivity contribution in [2.45, 2.75) is 41.0 Å². The number of hydrogen-bond donors (Lipinski definition) is 3. The first-order valence-electron chi connectivity index (χ1n) is 18.6. The van der Waals surface area contributed by atoms with Crippen molar-refractivity contribution in [1.82, 2.24) is 19.6 Å². The van der Waals surface area contributed by atoms with E-state index >= 15 is 0 Å². The molecular formula is C42H57ClN6O7. The minimum Gasteiger partial charge on any atom is -0.496 e. The summed E-state index contributed by atoms with van der Waals surface area (Å²) in [5.74, 6) is 0.903. The summed E-state index contributed by atoms with van der Waals surface area (Å²) in [4.78, 5) is 44.5. The van der Waals surface area contributed by atoms with E-state index in [9.17, 15) is 14.4 Å². The van der Waals surface area contributed by atoms with Gasteiger partial charge in [-0.15, -0.1) is 11.6 Å². The standard InChI is InChI=1S/C31H28N4O5.C6H14N2O2.2C2H6.CH3Cl/c1-19-5-4-6-24-27(39-3)15-26-23(29(19)24)13-14-35(26)31(37)25-17-34-16-21(9-12-28(34)33-25)32-30(36)20-7-10-22(11-8-20)40-18-38-2;1-7-2-3-8(6-10)4-5-9;3*1-2/h4-12,15-17H,13-14,18H2,1-3H3,(H,32,36);6-7,9H,2-5H2,1H3;2*1-2H3;1H3. The predicted molar refractivity (Wildman–Crippen MR) is 226 cm³/mol. The first-order valence-corrected chi connectivity index (χ1v) is 19.3. The van der Waals surface area contributed by atoms with Crippen LogP contribution in [0.25, 0.3) is 16.4 Å². The molecule has 6 rings (SSSR count). The minimum atomic E-state index is -0.265. The van der Waals surface area contributed by atoms with Crippen molar-refractivity contribution in [2.75, 3.05) is 77.4 Å². The number of nitrogens with one attached hydrogen (secondary N) is 2. The lowest BCUT2D eigenvalue weighted by molar-refractivity contribution is -0.118. The number of carbonyl (C=O) groups is 3. The third kappa shape index (κ3) is 12.1. The molecule has 56 heavy (non-hydrogen) atoms. The van der Waals surface area contributed by atoms with Gasteiger partial charge in [-0.2, -0.15) is 0 Å². The molecule has 0 atom stereocenters. The summed E-state index contributed by atoms with van der Waals surface area (Å²) >= 11 is 4.64. The highest BCUT2D eigenvalue weighted by molar-refractivity contribution is 6.15. The Morgan fingerprint density at radius 1 is 1.00 bits per heavy atom. The number of carbonyl (C=O) groups excluding carboxylic acids is 3. The average molecular weight is 793 g/mol. The molecular weight excluding hydrogens is 736 g/mol. The number of anilines is 2. The lowest BCUT2D eigenvalue weighted by atomic mass is 9.97. The van der Waals surface area contributed by atoms with E-state index in [0.717, 1.165) is 52.7 Å². The fraction of sp³-hybridized carbons (Fsp3) is 0.381. The fourth-order valence-electron chi connectivity index (χ4n) is 5.85. The van der Waals surface area contributed by atoms with Gasteiger partial charge in [0.1, 0.15) is 22.8 Å². The number of amides is 3. The summed E-state index contributed by atoms with van der Waals surface area (Å²) in [6.45, 7) is 12.6. The number of methoxy groups -OCH3 is 2. The van der Waals surface area contributed by atoms with E-state index in [2.05, 4.69) is 46.3 Å². The second-order valence-electron chi connectivity index (χ2n) is 11.6. The number of aryl methyl sites for hydroxylation is 1. The van der Waals surface area contributed by atoms with Gasteiger partial charge in [-0.25, -0.2) is 4.98 Å². The number of aliphatic hydroxyl groups is 1. The van der Waals surface area contributed by atoms with E-state index in [4.69, 9.17) is 19.3 Å². The number of imidazole rings is 1. The fourth-order valence-corrected chi connectivity index (χ4v) is 5.85. The van der Waals surface area contributed by atoms with E-state index in [-0.39, 0.29) is 25.2 Å². The molecule has 3 N–H and O–H groups in total. The van der Waals surface area contributed by atoms with Crippen LogP contribution >= 0.6 is 11.6 Å². The molecule has 0 saturated carbocycles. The Kier molecular flexibility index (Phi) is 21.0. The van der Waals surface area contributed by atoms with Crippen LogP contribution < -0.4 is 25.0 Å². The van der Waals surface area contributed by atoms with Crippen LogP contribution in [0.1, 0.15) is 59.7 Å². The largest absolute Gasteiger partial charge is 0.496 e. The number of aromatic nitrogens is 2. The Hall–Kier alpha value is -5.21. The number of fused-ring (bicyclic) bond motifs is 4. The second-order valence-corrected chi connectivity index (χ2v) is 11.6. The van der Waals surface area contributed by atoms with Crippen molar-refractivity contribution in [1.29, 1.82) is 0 Å². The molecule has 13 nitrogen and oxygen atoms in total. The van der Waals surface area contributed by atoms with E-state index in [1.807, 2.05) is 46.9 Å². The number of likely N-dealkylation sites (N-methyl/N-ethyl adjacent to an activating group) is 1. The molecule has 3 amide bonds. The molecule has 304 valence electrons. The minimum absolute atomic E-state index is 0.0302. The third-order valence-electron chi connectivity index (χ3n) is 8.33. The zero-order chi connectivity index (χ0) is 41.6. The molecule has 5 aromatic rings. The highest BCUT2D eigenvalue weighted by atomic mass is 35.5. The van der Waals surface area contributed by atoms with Gasteiger partial charge in [0.15, 0.2) is 6.79 Å². The molecule has 1 aliphatic heterocycles. The van der Waals surface area contributed by atoms with Gasteiger partial charge in [-0.1, -0.05) is 45.9 Å². The van der Waals surface area contributed by atoms with Crippen LogP contribution in [0, 0.1) is 6.92 Å². The lowest BCUT2D eigenvalue weighted by Gasteiger charge is -2.18. The Labute approximate surface area is 335 Å².